The number of rotatable bonds is 4. The topological polar surface area (TPSA) is 57.8 Å². The molecule has 20 heavy (non-hydrogen) atoms. The molecule has 0 aliphatic rings. The van der Waals surface area contributed by atoms with E-state index in [-0.39, 0.29) is 5.69 Å². The molecule has 0 saturated heterocycles. The number of anilines is 1. The lowest BCUT2D eigenvalue weighted by atomic mass is 10.1. The smallest absolute Gasteiger partial charge is 0.321 e. The highest BCUT2D eigenvalue weighted by atomic mass is 19.3. The molecule has 2 N–H and O–H groups in total. The van der Waals surface area contributed by atoms with Gasteiger partial charge in [0.1, 0.15) is 0 Å². The van der Waals surface area contributed by atoms with Crippen molar-refractivity contribution in [1.29, 1.82) is 0 Å². The maximum Gasteiger partial charge on any atom is 0.383 e. The predicted octanol–water partition coefficient (Wildman–Crippen LogP) is 2.92. The van der Waals surface area contributed by atoms with Crippen molar-refractivity contribution in [2.75, 3.05) is 5.32 Å². The molecule has 1 amide bonds. The molecule has 0 aliphatic heterocycles. The van der Waals surface area contributed by atoms with Crippen LogP contribution in [0.4, 0.5) is 23.2 Å². The van der Waals surface area contributed by atoms with Gasteiger partial charge in [-0.15, -0.1) is 0 Å². The highest BCUT2D eigenvalue weighted by Crippen LogP contribution is 2.25. The Kier molecular flexibility index (Phi) is 3.73. The number of carbonyl (C=O) groups is 1. The van der Waals surface area contributed by atoms with E-state index in [0.29, 0.717) is 11.3 Å². The van der Waals surface area contributed by atoms with E-state index in [1.165, 1.54) is 30.5 Å². The third-order valence-electron chi connectivity index (χ3n) is 2.53. The van der Waals surface area contributed by atoms with Crippen LogP contribution in [0.15, 0.2) is 36.5 Å². The van der Waals surface area contributed by atoms with E-state index in [9.17, 15) is 22.4 Å². The van der Waals surface area contributed by atoms with Gasteiger partial charge in [0.2, 0.25) is 0 Å². The number of nitrogens with zero attached hydrogens (tertiary/aromatic N) is 1. The van der Waals surface area contributed by atoms with Crippen LogP contribution in [0.1, 0.15) is 0 Å². The highest BCUT2D eigenvalue weighted by Gasteiger charge is 2.48. The first-order valence-electron chi connectivity index (χ1n) is 5.48. The van der Waals surface area contributed by atoms with Gasteiger partial charge >= 0.3 is 18.3 Å². The number of halogens is 4. The van der Waals surface area contributed by atoms with Gasteiger partial charge < -0.3 is 5.32 Å². The van der Waals surface area contributed by atoms with Crippen LogP contribution in [0.3, 0.4) is 0 Å². The summed E-state index contributed by atoms with van der Waals surface area (Å²) in [7, 11) is 0. The molecule has 0 bridgehead atoms. The fourth-order valence-corrected chi connectivity index (χ4v) is 1.46. The number of aromatic amines is 1. The minimum Gasteiger partial charge on any atom is -0.321 e. The third kappa shape index (κ3) is 2.79. The molecule has 1 aromatic heterocycles. The van der Waals surface area contributed by atoms with E-state index < -0.39 is 18.3 Å². The SMILES string of the molecule is O=C(Nc1ccc(-c2ccn[nH]2)cc1)C(F)(F)C(F)F. The summed E-state index contributed by atoms with van der Waals surface area (Å²) in [6, 6.07) is 7.41. The second-order valence-corrected chi connectivity index (χ2v) is 3.93. The number of hydrogen-bond acceptors (Lipinski definition) is 2. The lowest BCUT2D eigenvalue weighted by Gasteiger charge is -2.14. The number of H-pyrrole nitrogens is 1. The first kappa shape index (κ1) is 14.0. The predicted molar refractivity (Wildman–Crippen MR) is 63.6 cm³/mol. The van der Waals surface area contributed by atoms with Crippen molar-refractivity contribution in [3.63, 3.8) is 0 Å². The van der Waals surface area contributed by atoms with Gasteiger partial charge in [0.15, 0.2) is 0 Å². The Morgan fingerprint density at radius 1 is 1.20 bits per heavy atom. The fraction of sp³-hybridized carbons (Fsp3) is 0.167. The lowest BCUT2D eigenvalue weighted by molar-refractivity contribution is -0.163. The van der Waals surface area contributed by atoms with Crippen LogP contribution in [-0.4, -0.2) is 28.5 Å². The molecule has 1 heterocycles. The molecule has 106 valence electrons. The molecular weight excluding hydrogens is 278 g/mol. The molecule has 0 aliphatic carbocycles. The normalized spacial score (nSPS) is 11.7. The summed E-state index contributed by atoms with van der Waals surface area (Å²) in [4.78, 5) is 11.0. The molecule has 8 heteroatoms. The van der Waals surface area contributed by atoms with Crippen molar-refractivity contribution in [2.24, 2.45) is 0 Å². The lowest BCUT2D eigenvalue weighted by Crippen LogP contribution is -2.40. The number of amides is 1. The van der Waals surface area contributed by atoms with Crippen molar-refractivity contribution in [3.8, 4) is 11.3 Å². The van der Waals surface area contributed by atoms with Crippen LogP contribution < -0.4 is 5.32 Å². The fourth-order valence-electron chi connectivity index (χ4n) is 1.46. The number of aromatic nitrogens is 2. The van der Waals surface area contributed by atoms with Crippen LogP contribution in [0.25, 0.3) is 11.3 Å². The van der Waals surface area contributed by atoms with Gasteiger partial charge in [0.05, 0.1) is 5.69 Å². The van der Waals surface area contributed by atoms with Crippen molar-refractivity contribution in [3.05, 3.63) is 36.5 Å². The number of alkyl halides is 4. The van der Waals surface area contributed by atoms with E-state index in [0.717, 1.165) is 0 Å². The summed E-state index contributed by atoms with van der Waals surface area (Å²) in [5.74, 6) is -6.76. The molecule has 0 spiro atoms. The van der Waals surface area contributed by atoms with Crippen molar-refractivity contribution >= 4 is 11.6 Å². The maximum atomic E-state index is 12.8. The van der Waals surface area contributed by atoms with E-state index >= 15 is 0 Å². The Hall–Kier alpha value is -2.38. The second-order valence-electron chi connectivity index (χ2n) is 3.93. The minimum atomic E-state index is -4.72. The van der Waals surface area contributed by atoms with E-state index in [1.807, 2.05) is 0 Å². The second kappa shape index (κ2) is 5.32. The monoisotopic (exact) mass is 287 g/mol. The van der Waals surface area contributed by atoms with Crippen LogP contribution in [0.2, 0.25) is 0 Å². The number of carbonyl (C=O) groups excluding carboxylic acids is 1. The summed E-state index contributed by atoms with van der Waals surface area (Å²) in [6.45, 7) is 0. The molecule has 2 aromatic rings. The van der Waals surface area contributed by atoms with Gasteiger partial charge in [-0.3, -0.25) is 9.89 Å². The third-order valence-corrected chi connectivity index (χ3v) is 2.53. The van der Waals surface area contributed by atoms with E-state index in [4.69, 9.17) is 0 Å². The average Bonchev–Trinajstić information content (AvgIpc) is 2.93. The minimum absolute atomic E-state index is 0.00131. The van der Waals surface area contributed by atoms with Crippen LogP contribution in [-0.2, 0) is 4.79 Å². The van der Waals surface area contributed by atoms with Crippen molar-refractivity contribution in [1.82, 2.24) is 10.2 Å². The molecule has 0 atom stereocenters. The molecule has 4 nitrogen and oxygen atoms in total. The largest absolute Gasteiger partial charge is 0.383 e. The summed E-state index contributed by atoms with van der Waals surface area (Å²) >= 11 is 0. The first-order chi connectivity index (χ1) is 9.41. The summed E-state index contributed by atoms with van der Waals surface area (Å²) in [5, 5.41) is 8.18. The summed E-state index contributed by atoms with van der Waals surface area (Å²) in [6.07, 6.45) is -2.51. The van der Waals surface area contributed by atoms with Crippen LogP contribution >= 0.6 is 0 Å². The molecule has 0 radical (unpaired) electrons. The summed E-state index contributed by atoms with van der Waals surface area (Å²) < 4.78 is 49.5. The molecule has 0 saturated carbocycles. The van der Waals surface area contributed by atoms with E-state index in [2.05, 4.69) is 10.2 Å². The standard InChI is InChI=1S/C12H9F4N3O/c13-10(14)12(15,16)11(20)18-8-3-1-7(2-4-8)9-5-6-17-19-9/h1-6,10H,(H,17,19)(H,18,20). The Morgan fingerprint density at radius 3 is 2.35 bits per heavy atom. The van der Waals surface area contributed by atoms with Crippen LogP contribution in [0.5, 0.6) is 0 Å². The van der Waals surface area contributed by atoms with E-state index in [1.54, 1.807) is 11.4 Å². The zero-order valence-corrected chi connectivity index (χ0v) is 9.91. The van der Waals surface area contributed by atoms with Crippen molar-refractivity contribution < 1.29 is 22.4 Å². The molecule has 0 fully saturated rings. The Morgan fingerprint density at radius 2 is 1.85 bits per heavy atom. The van der Waals surface area contributed by atoms with Gasteiger partial charge in [-0.25, -0.2) is 8.78 Å². The molecular formula is C12H9F4N3O. The van der Waals surface area contributed by atoms with Gasteiger partial charge in [0, 0.05) is 11.9 Å². The Balaban J connectivity index is 2.10. The van der Waals surface area contributed by atoms with Crippen LogP contribution in [0, 0.1) is 0 Å². The number of hydrogen-bond donors (Lipinski definition) is 2. The quantitative estimate of drug-likeness (QED) is 0.849. The molecule has 0 unspecified atom stereocenters. The number of benzene rings is 1. The zero-order valence-electron chi connectivity index (χ0n) is 9.91. The van der Waals surface area contributed by atoms with Gasteiger partial charge in [-0.05, 0) is 23.8 Å². The summed E-state index contributed by atoms with van der Waals surface area (Å²) in [5.41, 5.74) is 1.40. The number of nitrogens with one attached hydrogen (secondary N) is 2. The van der Waals surface area contributed by atoms with Gasteiger partial charge in [0.25, 0.3) is 0 Å². The van der Waals surface area contributed by atoms with Gasteiger partial charge in [-0.1, -0.05) is 12.1 Å². The first-order valence-corrected chi connectivity index (χ1v) is 5.48. The zero-order chi connectivity index (χ0) is 14.8. The average molecular weight is 287 g/mol. The molecule has 2 rings (SSSR count). The highest BCUT2D eigenvalue weighted by molar-refractivity contribution is 5.96. The Bertz CT molecular complexity index is 581. The van der Waals surface area contributed by atoms with Gasteiger partial charge in [-0.2, -0.15) is 13.9 Å². The molecule has 1 aromatic carbocycles. The Labute approximate surface area is 110 Å². The maximum absolute atomic E-state index is 12.8. The van der Waals surface area contributed by atoms with Crippen molar-refractivity contribution in [2.45, 2.75) is 12.3 Å².